The minimum Gasteiger partial charge on any atom is -0.443 e. The fourth-order valence-corrected chi connectivity index (χ4v) is 3.70. The van der Waals surface area contributed by atoms with Gasteiger partial charge in [-0.3, -0.25) is 19.4 Å². The van der Waals surface area contributed by atoms with Crippen LogP contribution in [0.4, 0.5) is 16.2 Å². The number of ether oxygens (including phenoxy) is 1. The lowest BCUT2D eigenvalue weighted by Gasteiger charge is -2.24. The number of aryl methyl sites for hydroxylation is 1. The molecule has 8 heteroatoms. The maximum absolute atomic E-state index is 12.5. The second-order valence-electron chi connectivity index (χ2n) is 8.91. The number of carbonyl (C=O) groups excluding carboxylic acids is 2. The lowest BCUT2D eigenvalue weighted by Crippen LogP contribution is -2.35. The zero-order valence-electron chi connectivity index (χ0n) is 19.2. The molecule has 0 fully saturated rings. The SMILES string of the molecule is Cn1cc(-c2ccncc2/C=C/C(=O)Nc2ccc3c(c2)CCN3C(=O)OC(C)(C)C)cn1. The number of nitrogens with zero attached hydrogens (tertiary/aromatic N) is 4. The molecular formula is C25H27N5O3. The number of anilines is 2. The molecule has 0 unspecified atom stereocenters. The van der Waals surface area contributed by atoms with Crippen molar-refractivity contribution in [3.8, 4) is 11.1 Å². The van der Waals surface area contributed by atoms with Gasteiger partial charge in [0.1, 0.15) is 5.60 Å². The zero-order chi connectivity index (χ0) is 23.6. The van der Waals surface area contributed by atoms with Crippen molar-refractivity contribution in [1.29, 1.82) is 0 Å². The lowest BCUT2D eigenvalue weighted by molar-refractivity contribution is -0.111. The Morgan fingerprint density at radius 2 is 2.00 bits per heavy atom. The molecule has 0 aliphatic carbocycles. The molecule has 3 heterocycles. The van der Waals surface area contributed by atoms with Crippen LogP contribution in [0.3, 0.4) is 0 Å². The van der Waals surface area contributed by atoms with Crippen LogP contribution >= 0.6 is 0 Å². The summed E-state index contributed by atoms with van der Waals surface area (Å²) in [6, 6.07) is 7.42. The minimum absolute atomic E-state index is 0.252. The summed E-state index contributed by atoms with van der Waals surface area (Å²) in [7, 11) is 1.86. The number of amides is 2. The van der Waals surface area contributed by atoms with E-state index < -0.39 is 5.60 Å². The first-order valence-electron chi connectivity index (χ1n) is 10.8. The Hall–Kier alpha value is -3.94. The van der Waals surface area contributed by atoms with Gasteiger partial charge in [-0.2, -0.15) is 5.10 Å². The molecule has 1 aromatic carbocycles. The summed E-state index contributed by atoms with van der Waals surface area (Å²) < 4.78 is 7.22. The number of hydrogen-bond donors (Lipinski definition) is 1. The average Bonchev–Trinajstić information content (AvgIpc) is 3.37. The lowest BCUT2D eigenvalue weighted by atomic mass is 10.0. The highest BCUT2D eigenvalue weighted by Crippen LogP contribution is 2.32. The first kappa shape index (κ1) is 22.3. The van der Waals surface area contributed by atoms with Crippen LogP contribution in [0.25, 0.3) is 17.2 Å². The first-order chi connectivity index (χ1) is 15.7. The number of benzene rings is 1. The van der Waals surface area contributed by atoms with Gasteiger partial charge in [0.05, 0.1) is 11.9 Å². The van der Waals surface area contributed by atoms with Crippen molar-refractivity contribution in [1.82, 2.24) is 14.8 Å². The van der Waals surface area contributed by atoms with E-state index in [-0.39, 0.29) is 12.0 Å². The number of fused-ring (bicyclic) bond motifs is 1. The molecule has 3 aromatic rings. The number of pyridine rings is 1. The first-order valence-corrected chi connectivity index (χ1v) is 10.8. The van der Waals surface area contributed by atoms with E-state index in [0.717, 1.165) is 27.9 Å². The molecule has 1 aliphatic rings. The van der Waals surface area contributed by atoms with E-state index in [2.05, 4.69) is 15.4 Å². The van der Waals surface area contributed by atoms with Crippen LogP contribution in [0.1, 0.15) is 31.9 Å². The predicted molar refractivity (Wildman–Crippen MR) is 128 cm³/mol. The van der Waals surface area contributed by atoms with Gasteiger partial charge in [0, 0.05) is 55.1 Å². The Morgan fingerprint density at radius 1 is 1.18 bits per heavy atom. The number of aromatic nitrogens is 3. The Labute approximate surface area is 192 Å². The molecule has 0 saturated carbocycles. The molecule has 8 nitrogen and oxygen atoms in total. The van der Waals surface area contributed by atoms with Crippen molar-refractivity contribution >= 4 is 29.5 Å². The Kier molecular flexibility index (Phi) is 6.00. The molecule has 1 N–H and O–H groups in total. The van der Waals surface area contributed by atoms with E-state index in [1.165, 1.54) is 6.08 Å². The number of nitrogens with one attached hydrogen (secondary N) is 1. The van der Waals surface area contributed by atoms with E-state index >= 15 is 0 Å². The fraction of sp³-hybridized carbons (Fsp3) is 0.280. The third-order valence-corrected chi connectivity index (χ3v) is 5.14. The summed E-state index contributed by atoms with van der Waals surface area (Å²) in [4.78, 5) is 30.8. The maximum Gasteiger partial charge on any atom is 0.414 e. The third-order valence-electron chi connectivity index (χ3n) is 5.14. The van der Waals surface area contributed by atoms with Gasteiger partial charge < -0.3 is 10.1 Å². The summed E-state index contributed by atoms with van der Waals surface area (Å²) in [5.74, 6) is -0.252. The molecule has 33 heavy (non-hydrogen) atoms. The third kappa shape index (κ3) is 5.28. The van der Waals surface area contributed by atoms with Gasteiger partial charge in [-0.25, -0.2) is 4.79 Å². The van der Waals surface area contributed by atoms with Crippen LogP contribution in [0.2, 0.25) is 0 Å². The van der Waals surface area contributed by atoms with E-state index in [4.69, 9.17) is 4.74 Å². The quantitative estimate of drug-likeness (QED) is 0.600. The molecule has 2 amide bonds. The monoisotopic (exact) mass is 445 g/mol. The summed E-state index contributed by atoms with van der Waals surface area (Å²) in [5.41, 5.74) is 4.65. The van der Waals surface area contributed by atoms with Crippen LogP contribution in [0, 0.1) is 0 Å². The zero-order valence-corrected chi connectivity index (χ0v) is 19.2. The van der Waals surface area contributed by atoms with Crippen LogP contribution in [-0.4, -0.2) is 38.9 Å². The number of hydrogen-bond acceptors (Lipinski definition) is 5. The van der Waals surface area contributed by atoms with Crippen molar-refractivity contribution < 1.29 is 14.3 Å². The van der Waals surface area contributed by atoms with Gasteiger partial charge in [-0.15, -0.1) is 0 Å². The molecule has 0 bridgehead atoms. The summed E-state index contributed by atoms with van der Waals surface area (Å²) >= 11 is 0. The minimum atomic E-state index is -0.550. The predicted octanol–water partition coefficient (Wildman–Crippen LogP) is 4.43. The van der Waals surface area contributed by atoms with Crippen molar-refractivity contribution in [3.63, 3.8) is 0 Å². The largest absolute Gasteiger partial charge is 0.443 e. The van der Waals surface area contributed by atoms with E-state index in [0.29, 0.717) is 18.7 Å². The second-order valence-corrected chi connectivity index (χ2v) is 8.91. The summed E-state index contributed by atoms with van der Waals surface area (Å²) in [5, 5.41) is 7.10. The van der Waals surface area contributed by atoms with Crippen LogP contribution < -0.4 is 10.2 Å². The van der Waals surface area contributed by atoms with Gasteiger partial charge in [0.15, 0.2) is 0 Å². The van der Waals surface area contributed by atoms with E-state index in [1.54, 1.807) is 40.3 Å². The average molecular weight is 446 g/mol. The van der Waals surface area contributed by atoms with Gasteiger partial charge >= 0.3 is 6.09 Å². The molecule has 2 aromatic heterocycles. The summed E-state index contributed by atoms with van der Waals surface area (Å²) in [6.07, 6.45) is 10.7. The van der Waals surface area contributed by atoms with E-state index in [9.17, 15) is 9.59 Å². The van der Waals surface area contributed by atoms with Crippen molar-refractivity contribution in [2.24, 2.45) is 7.05 Å². The molecule has 0 atom stereocenters. The van der Waals surface area contributed by atoms with Gasteiger partial charge in [-0.05, 0) is 68.7 Å². The molecule has 1 aliphatic heterocycles. The molecule has 0 saturated heterocycles. The van der Waals surface area contributed by atoms with Crippen LogP contribution in [0.15, 0.2) is 55.1 Å². The van der Waals surface area contributed by atoms with Crippen LogP contribution in [0.5, 0.6) is 0 Å². The highest BCUT2D eigenvalue weighted by molar-refractivity contribution is 6.03. The fourth-order valence-electron chi connectivity index (χ4n) is 3.70. The van der Waals surface area contributed by atoms with Crippen molar-refractivity contribution in [2.75, 3.05) is 16.8 Å². The van der Waals surface area contributed by atoms with Crippen LogP contribution in [-0.2, 0) is 23.0 Å². The molecular weight excluding hydrogens is 418 g/mol. The van der Waals surface area contributed by atoms with Crippen molar-refractivity contribution in [3.05, 3.63) is 66.3 Å². The second kappa shape index (κ2) is 8.90. The smallest absolute Gasteiger partial charge is 0.414 e. The Bertz CT molecular complexity index is 1220. The summed E-state index contributed by atoms with van der Waals surface area (Å²) in [6.45, 7) is 6.09. The molecule has 0 radical (unpaired) electrons. The van der Waals surface area contributed by atoms with Crippen molar-refractivity contribution in [2.45, 2.75) is 32.8 Å². The highest BCUT2D eigenvalue weighted by Gasteiger charge is 2.29. The Balaban J connectivity index is 1.44. The van der Waals surface area contributed by atoms with Gasteiger partial charge in [0.2, 0.25) is 5.91 Å². The van der Waals surface area contributed by atoms with Gasteiger partial charge in [0.25, 0.3) is 0 Å². The topological polar surface area (TPSA) is 89.4 Å². The molecule has 170 valence electrons. The normalized spacial score (nSPS) is 13.3. The van der Waals surface area contributed by atoms with Gasteiger partial charge in [-0.1, -0.05) is 0 Å². The Morgan fingerprint density at radius 3 is 2.73 bits per heavy atom. The standard InChI is InChI=1S/C25H27N5O3/c1-25(2,3)33-24(32)30-12-10-17-13-20(6-7-22(17)30)28-23(31)8-5-18-14-26-11-9-21(18)19-15-27-29(4)16-19/h5-9,11,13-16H,10,12H2,1-4H3,(H,28,31)/b8-5+. The number of carbonyl (C=O) groups is 2. The van der Waals surface area contributed by atoms with E-state index in [1.807, 2.05) is 52.2 Å². The maximum atomic E-state index is 12.5. The molecule has 0 spiro atoms. The highest BCUT2D eigenvalue weighted by atomic mass is 16.6. The number of rotatable bonds is 4. The molecule has 4 rings (SSSR count).